The standard InChI is InChI=1S/C22H22F3IN2O2/c23-16-7-6-15(21(20(16)25)27-18-8-5-13(26)9-17(18)24)22(30)28-10-12(11-28)14-3-1-2-4-19(14)29/h5-9,12,14,19,27,29H,1-4,10-11H2. The summed E-state index contributed by atoms with van der Waals surface area (Å²) in [5.41, 5.74) is -0.462. The topological polar surface area (TPSA) is 52.6 Å². The van der Waals surface area contributed by atoms with E-state index in [0.717, 1.165) is 31.7 Å². The lowest BCUT2D eigenvalue weighted by Gasteiger charge is -2.46. The summed E-state index contributed by atoms with van der Waals surface area (Å²) in [6.45, 7) is 0.938. The zero-order valence-corrected chi connectivity index (χ0v) is 18.3. The lowest BCUT2D eigenvalue weighted by Crippen LogP contribution is -2.55. The maximum Gasteiger partial charge on any atom is 0.256 e. The third kappa shape index (κ3) is 4.16. The Morgan fingerprint density at radius 3 is 2.50 bits per heavy atom. The van der Waals surface area contributed by atoms with Crippen LogP contribution in [0.15, 0.2) is 30.3 Å². The lowest BCUT2D eigenvalue weighted by molar-refractivity contribution is -0.0203. The molecule has 2 unspecified atom stereocenters. The number of aliphatic hydroxyl groups is 1. The van der Waals surface area contributed by atoms with Gasteiger partial charge < -0.3 is 15.3 Å². The minimum Gasteiger partial charge on any atom is -0.393 e. The van der Waals surface area contributed by atoms with Crippen LogP contribution in [-0.2, 0) is 0 Å². The Morgan fingerprint density at radius 1 is 1.07 bits per heavy atom. The van der Waals surface area contributed by atoms with Crippen LogP contribution in [0.5, 0.6) is 0 Å². The first-order chi connectivity index (χ1) is 14.3. The number of rotatable bonds is 4. The molecular weight excluding hydrogens is 508 g/mol. The Hall–Kier alpha value is -1.81. The molecule has 2 aliphatic rings. The van der Waals surface area contributed by atoms with Crippen LogP contribution in [0.25, 0.3) is 0 Å². The van der Waals surface area contributed by atoms with E-state index in [2.05, 4.69) is 5.32 Å². The molecule has 0 radical (unpaired) electrons. The summed E-state index contributed by atoms with van der Waals surface area (Å²) < 4.78 is 43.3. The fourth-order valence-electron chi connectivity index (χ4n) is 4.39. The van der Waals surface area contributed by atoms with Crippen molar-refractivity contribution in [2.24, 2.45) is 11.8 Å². The van der Waals surface area contributed by atoms with E-state index in [1.54, 1.807) is 11.0 Å². The molecule has 1 heterocycles. The molecule has 8 heteroatoms. The zero-order valence-electron chi connectivity index (χ0n) is 16.2. The number of nitrogens with one attached hydrogen (secondary N) is 1. The highest BCUT2D eigenvalue weighted by Crippen LogP contribution is 2.37. The number of anilines is 2. The summed E-state index contributed by atoms with van der Waals surface area (Å²) in [4.78, 5) is 14.6. The van der Waals surface area contributed by atoms with Crippen molar-refractivity contribution in [3.8, 4) is 0 Å². The summed E-state index contributed by atoms with van der Waals surface area (Å²) in [5, 5.41) is 12.8. The number of hydrogen-bond acceptors (Lipinski definition) is 3. The van der Waals surface area contributed by atoms with E-state index in [0.29, 0.717) is 16.7 Å². The molecular formula is C22H22F3IN2O2. The molecule has 2 aromatic rings. The van der Waals surface area contributed by atoms with Gasteiger partial charge in [-0.25, -0.2) is 13.2 Å². The van der Waals surface area contributed by atoms with E-state index < -0.39 is 23.4 Å². The highest BCUT2D eigenvalue weighted by atomic mass is 127. The predicted molar refractivity (Wildman–Crippen MR) is 116 cm³/mol. The first-order valence-electron chi connectivity index (χ1n) is 10.0. The number of carbonyl (C=O) groups excluding carboxylic acids is 1. The van der Waals surface area contributed by atoms with Crippen LogP contribution in [-0.4, -0.2) is 35.1 Å². The van der Waals surface area contributed by atoms with Gasteiger partial charge in [-0.05, 0) is 77.6 Å². The van der Waals surface area contributed by atoms with Gasteiger partial charge in [-0.1, -0.05) is 12.8 Å². The van der Waals surface area contributed by atoms with Gasteiger partial charge in [-0.15, -0.1) is 0 Å². The van der Waals surface area contributed by atoms with Crippen molar-refractivity contribution >= 4 is 39.9 Å². The molecule has 0 spiro atoms. The quantitative estimate of drug-likeness (QED) is 0.543. The summed E-state index contributed by atoms with van der Waals surface area (Å²) in [7, 11) is 0. The van der Waals surface area contributed by atoms with Crippen LogP contribution in [0.3, 0.4) is 0 Å². The zero-order chi connectivity index (χ0) is 21.4. The minimum atomic E-state index is -1.22. The molecule has 160 valence electrons. The van der Waals surface area contributed by atoms with E-state index >= 15 is 0 Å². The van der Waals surface area contributed by atoms with Gasteiger partial charge in [0.25, 0.3) is 5.91 Å². The highest BCUT2D eigenvalue weighted by Gasteiger charge is 2.40. The van der Waals surface area contributed by atoms with E-state index in [4.69, 9.17) is 0 Å². The number of hydrogen-bond donors (Lipinski definition) is 2. The number of aliphatic hydroxyl groups excluding tert-OH is 1. The fraction of sp³-hybridized carbons (Fsp3) is 0.409. The van der Waals surface area contributed by atoms with Gasteiger partial charge in [0.15, 0.2) is 11.6 Å². The average molecular weight is 530 g/mol. The molecule has 1 aliphatic carbocycles. The second kappa shape index (κ2) is 8.74. The van der Waals surface area contributed by atoms with Gasteiger partial charge in [-0.2, -0.15) is 0 Å². The Kier molecular flexibility index (Phi) is 6.24. The van der Waals surface area contributed by atoms with Crippen molar-refractivity contribution in [2.45, 2.75) is 31.8 Å². The molecule has 1 saturated heterocycles. The van der Waals surface area contributed by atoms with Gasteiger partial charge in [0.1, 0.15) is 5.82 Å². The van der Waals surface area contributed by atoms with Crippen LogP contribution < -0.4 is 5.32 Å². The number of carbonyl (C=O) groups is 1. The molecule has 30 heavy (non-hydrogen) atoms. The van der Waals surface area contributed by atoms with Crippen LogP contribution in [0.4, 0.5) is 24.5 Å². The monoisotopic (exact) mass is 530 g/mol. The predicted octanol–water partition coefficient (Wildman–Crippen LogP) is 5.08. The maximum atomic E-state index is 14.6. The summed E-state index contributed by atoms with van der Waals surface area (Å²) in [6, 6.07) is 6.42. The first kappa shape index (κ1) is 21.4. The Morgan fingerprint density at radius 2 is 1.80 bits per heavy atom. The molecule has 0 aromatic heterocycles. The molecule has 2 atom stereocenters. The summed E-state index contributed by atoms with van der Waals surface area (Å²) in [6.07, 6.45) is 3.48. The molecule has 1 amide bonds. The number of halogens is 4. The smallest absolute Gasteiger partial charge is 0.256 e. The summed E-state index contributed by atoms with van der Waals surface area (Å²) >= 11 is 1.94. The minimum absolute atomic E-state index is 0.0409. The largest absolute Gasteiger partial charge is 0.393 e. The lowest BCUT2D eigenvalue weighted by atomic mass is 9.74. The van der Waals surface area contributed by atoms with Crippen LogP contribution in [0.1, 0.15) is 36.0 Å². The average Bonchev–Trinajstić information content (AvgIpc) is 2.67. The molecule has 2 N–H and O–H groups in total. The van der Waals surface area contributed by atoms with E-state index in [9.17, 15) is 23.1 Å². The molecule has 0 bridgehead atoms. The second-order valence-corrected chi connectivity index (χ2v) is 9.26. The Bertz CT molecular complexity index is 966. The normalized spacial score (nSPS) is 22.0. The number of benzene rings is 2. The molecule has 2 fully saturated rings. The van der Waals surface area contributed by atoms with Crippen LogP contribution >= 0.6 is 22.6 Å². The van der Waals surface area contributed by atoms with E-state index in [-0.39, 0.29) is 34.9 Å². The van der Waals surface area contributed by atoms with E-state index in [1.165, 1.54) is 18.2 Å². The van der Waals surface area contributed by atoms with Gasteiger partial charge in [0, 0.05) is 16.7 Å². The van der Waals surface area contributed by atoms with Crippen molar-refractivity contribution in [2.75, 3.05) is 18.4 Å². The van der Waals surface area contributed by atoms with Gasteiger partial charge >= 0.3 is 0 Å². The third-order valence-corrected chi connectivity index (χ3v) is 6.77. The number of likely N-dealkylation sites (tertiary alicyclic amines) is 1. The van der Waals surface area contributed by atoms with Gasteiger partial charge in [0.2, 0.25) is 0 Å². The number of amides is 1. The maximum absolute atomic E-state index is 14.6. The van der Waals surface area contributed by atoms with Crippen LogP contribution in [0.2, 0.25) is 0 Å². The summed E-state index contributed by atoms with van der Waals surface area (Å²) in [5.74, 6) is -3.03. The highest BCUT2D eigenvalue weighted by molar-refractivity contribution is 14.1. The van der Waals surface area contributed by atoms with Crippen molar-refractivity contribution < 1.29 is 23.1 Å². The molecule has 1 saturated carbocycles. The van der Waals surface area contributed by atoms with E-state index in [1.807, 2.05) is 22.6 Å². The third-order valence-electron chi connectivity index (χ3n) is 6.10. The molecule has 1 aliphatic heterocycles. The van der Waals surface area contributed by atoms with Gasteiger partial charge in [-0.3, -0.25) is 4.79 Å². The van der Waals surface area contributed by atoms with Crippen molar-refractivity contribution in [3.05, 3.63) is 56.9 Å². The van der Waals surface area contributed by atoms with Crippen LogP contribution in [0, 0.1) is 32.9 Å². The van der Waals surface area contributed by atoms with Gasteiger partial charge in [0.05, 0.1) is 23.0 Å². The number of nitrogens with zero attached hydrogens (tertiary/aromatic N) is 1. The first-order valence-corrected chi connectivity index (χ1v) is 11.1. The van der Waals surface area contributed by atoms with Crippen molar-refractivity contribution in [3.63, 3.8) is 0 Å². The van der Waals surface area contributed by atoms with Crippen molar-refractivity contribution in [1.82, 2.24) is 4.90 Å². The Labute approximate surface area is 186 Å². The fourth-order valence-corrected chi connectivity index (χ4v) is 4.84. The second-order valence-electron chi connectivity index (χ2n) is 8.02. The van der Waals surface area contributed by atoms with Crippen molar-refractivity contribution in [1.29, 1.82) is 0 Å². The molecule has 4 nitrogen and oxygen atoms in total. The molecule has 2 aromatic carbocycles. The SMILES string of the molecule is O=C(c1ccc(F)c(F)c1Nc1ccc(I)cc1F)N1CC(C2CCCCC2O)C1. The Balaban J connectivity index is 1.54. The molecule has 4 rings (SSSR count).